The third kappa shape index (κ3) is 2.27. The molecule has 2 heteroatoms. The lowest BCUT2D eigenvalue weighted by Gasteiger charge is -2.02. The maximum absolute atomic E-state index is 5.88. The molecular formula is C13H16N2. The van der Waals surface area contributed by atoms with E-state index in [2.05, 4.69) is 24.1 Å². The highest BCUT2D eigenvalue weighted by Gasteiger charge is 2.08. The van der Waals surface area contributed by atoms with Crippen LogP contribution in [0.2, 0.25) is 0 Å². The SMILES string of the molecule is CCCC1=Cc2ccccc2N=C(N)C1. The summed E-state index contributed by atoms with van der Waals surface area (Å²) in [6.07, 6.45) is 5.29. The van der Waals surface area contributed by atoms with E-state index in [0.29, 0.717) is 0 Å². The second kappa shape index (κ2) is 4.30. The van der Waals surface area contributed by atoms with Crippen molar-refractivity contribution < 1.29 is 0 Å². The normalized spacial score (nSPS) is 15.0. The summed E-state index contributed by atoms with van der Waals surface area (Å²) in [4.78, 5) is 4.41. The molecule has 1 aromatic carbocycles. The molecule has 15 heavy (non-hydrogen) atoms. The number of nitrogens with zero attached hydrogens (tertiary/aromatic N) is 1. The quantitative estimate of drug-likeness (QED) is 0.781. The number of aliphatic imine (C=N–C) groups is 1. The molecule has 78 valence electrons. The van der Waals surface area contributed by atoms with Gasteiger partial charge in [-0.1, -0.05) is 43.2 Å². The Morgan fingerprint density at radius 2 is 2.13 bits per heavy atom. The standard InChI is InChI=1S/C13H16N2/c1-2-5-10-8-11-6-3-4-7-12(11)15-13(14)9-10/h3-4,6-8H,2,5,9H2,1H3,(H2,14,15). The average molecular weight is 200 g/mol. The molecule has 0 aromatic heterocycles. The van der Waals surface area contributed by atoms with Crippen LogP contribution in [0.3, 0.4) is 0 Å². The number of rotatable bonds is 2. The summed E-state index contributed by atoms with van der Waals surface area (Å²) in [5.74, 6) is 0.722. The third-order valence-electron chi connectivity index (χ3n) is 2.54. The number of hydrogen-bond acceptors (Lipinski definition) is 2. The third-order valence-corrected chi connectivity index (χ3v) is 2.54. The van der Waals surface area contributed by atoms with E-state index in [-0.39, 0.29) is 0 Å². The summed E-state index contributed by atoms with van der Waals surface area (Å²) >= 11 is 0. The largest absolute Gasteiger partial charge is 0.387 e. The minimum Gasteiger partial charge on any atom is -0.387 e. The van der Waals surface area contributed by atoms with Crippen molar-refractivity contribution in [2.45, 2.75) is 26.2 Å². The van der Waals surface area contributed by atoms with Crippen LogP contribution >= 0.6 is 0 Å². The van der Waals surface area contributed by atoms with Crippen LogP contribution in [-0.2, 0) is 0 Å². The Balaban J connectivity index is 2.43. The highest BCUT2D eigenvalue weighted by atomic mass is 14.9. The van der Waals surface area contributed by atoms with Gasteiger partial charge in [-0.2, -0.15) is 0 Å². The predicted molar refractivity (Wildman–Crippen MR) is 65.2 cm³/mol. The Kier molecular flexibility index (Phi) is 2.86. The van der Waals surface area contributed by atoms with E-state index >= 15 is 0 Å². The molecule has 0 saturated heterocycles. The molecular weight excluding hydrogens is 184 g/mol. The molecule has 0 atom stereocenters. The van der Waals surface area contributed by atoms with Gasteiger partial charge >= 0.3 is 0 Å². The second-order valence-electron chi connectivity index (χ2n) is 3.89. The molecule has 1 aliphatic rings. The molecule has 0 radical (unpaired) electrons. The Morgan fingerprint density at radius 1 is 1.33 bits per heavy atom. The molecule has 2 N–H and O–H groups in total. The van der Waals surface area contributed by atoms with Gasteiger partial charge in [-0.3, -0.25) is 0 Å². The second-order valence-corrected chi connectivity index (χ2v) is 3.89. The summed E-state index contributed by atoms with van der Waals surface area (Å²) in [5.41, 5.74) is 9.43. The van der Waals surface area contributed by atoms with E-state index < -0.39 is 0 Å². The van der Waals surface area contributed by atoms with Crippen molar-refractivity contribution in [3.05, 3.63) is 35.4 Å². The molecule has 0 fully saturated rings. The molecule has 1 aromatic rings. The lowest BCUT2D eigenvalue weighted by molar-refractivity contribution is 0.894. The van der Waals surface area contributed by atoms with Gasteiger partial charge in [-0.15, -0.1) is 0 Å². The van der Waals surface area contributed by atoms with Crippen LogP contribution in [0.1, 0.15) is 31.7 Å². The topological polar surface area (TPSA) is 38.4 Å². The molecule has 1 aliphatic heterocycles. The summed E-state index contributed by atoms with van der Waals surface area (Å²) in [6.45, 7) is 2.19. The number of benzene rings is 1. The summed E-state index contributed by atoms with van der Waals surface area (Å²) in [7, 11) is 0. The van der Waals surface area contributed by atoms with Crippen molar-refractivity contribution in [1.82, 2.24) is 0 Å². The van der Waals surface area contributed by atoms with E-state index in [1.54, 1.807) is 0 Å². The van der Waals surface area contributed by atoms with Gasteiger partial charge in [-0.25, -0.2) is 4.99 Å². The molecule has 0 aliphatic carbocycles. The van der Waals surface area contributed by atoms with Crippen LogP contribution in [0.5, 0.6) is 0 Å². The van der Waals surface area contributed by atoms with Gasteiger partial charge in [0.15, 0.2) is 0 Å². The first-order valence-electron chi connectivity index (χ1n) is 5.41. The molecule has 0 spiro atoms. The van der Waals surface area contributed by atoms with Crippen molar-refractivity contribution in [2.75, 3.05) is 0 Å². The Hall–Kier alpha value is -1.57. The van der Waals surface area contributed by atoms with Crippen molar-refractivity contribution in [1.29, 1.82) is 0 Å². The van der Waals surface area contributed by atoms with E-state index in [1.165, 1.54) is 11.1 Å². The van der Waals surface area contributed by atoms with E-state index in [0.717, 1.165) is 30.8 Å². The van der Waals surface area contributed by atoms with Gasteiger partial charge in [-0.05, 0) is 12.5 Å². The lowest BCUT2D eigenvalue weighted by Crippen LogP contribution is -2.11. The maximum atomic E-state index is 5.88. The van der Waals surface area contributed by atoms with Gasteiger partial charge in [0.05, 0.1) is 5.69 Å². The van der Waals surface area contributed by atoms with E-state index in [9.17, 15) is 0 Å². The predicted octanol–water partition coefficient (Wildman–Crippen LogP) is 3.26. The van der Waals surface area contributed by atoms with Crippen LogP contribution in [0.4, 0.5) is 5.69 Å². The lowest BCUT2D eigenvalue weighted by atomic mass is 10.0. The Bertz CT molecular complexity index is 416. The van der Waals surface area contributed by atoms with Crippen LogP contribution in [-0.4, -0.2) is 5.84 Å². The first-order chi connectivity index (χ1) is 7.29. The first kappa shape index (κ1) is 9.97. The fraction of sp³-hybridized carbons (Fsp3) is 0.308. The first-order valence-corrected chi connectivity index (χ1v) is 5.41. The van der Waals surface area contributed by atoms with Crippen LogP contribution in [0.15, 0.2) is 34.8 Å². The van der Waals surface area contributed by atoms with Crippen LogP contribution in [0.25, 0.3) is 6.08 Å². The average Bonchev–Trinajstić information content (AvgIpc) is 2.35. The van der Waals surface area contributed by atoms with Crippen LogP contribution in [0, 0.1) is 0 Å². The maximum Gasteiger partial charge on any atom is 0.104 e. The van der Waals surface area contributed by atoms with E-state index in [4.69, 9.17) is 5.73 Å². The summed E-state index contributed by atoms with van der Waals surface area (Å²) in [6, 6.07) is 8.13. The molecule has 0 saturated carbocycles. The zero-order valence-electron chi connectivity index (χ0n) is 9.03. The highest BCUT2D eigenvalue weighted by Crippen LogP contribution is 2.27. The van der Waals surface area contributed by atoms with Crippen molar-refractivity contribution >= 4 is 17.6 Å². The monoisotopic (exact) mass is 200 g/mol. The Labute approximate surface area is 90.5 Å². The summed E-state index contributed by atoms with van der Waals surface area (Å²) < 4.78 is 0. The molecule has 2 rings (SSSR count). The number of amidine groups is 1. The van der Waals surface area contributed by atoms with E-state index in [1.807, 2.05) is 18.2 Å². The number of nitrogens with two attached hydrogens (primary N) is 1. The highest BCUT2D eigenvalue weighted by molar-refractivity contribution is 5.89. The zero-order valence-corrected chi connectivity index (χ0v) is 9.03. The van der Waals surface area contributed by atoms with Gasteiger partial charge in [0.1, 0.15) is 5.84 Å². The zero-order chi connectivity index (χ0) is 10.7. The fourth-order valence-electron chi connectivity index (χ4n) is 1.89. The van der Waals surface area contributed by atoms with Gasteiger partial charge in [0.25, 0.3) is 0 Å². The minimum absolute atomic E-state index is 0.722. The van der Waals surface area contributed by atoms with Crippen molar-refractivity contribution in [3.63, 3.8) is 0 Å². The minimum atomic E-state index is 0.722. The fourth-order valence-corrected chi connectivity index (χ4v) is 1.89. The molecule has 0 amide bonds. The van der Waals surface area contributed by atoms with Gasteiger partial charge in [0, 0.05) is 12.0 Å². The smallest absolute Gasteiger partial charge is 0.104 e. The number of para-hydroxylation sites is 1. The number of fused-ring (bicyclic) bond motifs is 1. The van der Waals surface area contributed by atoms with Crippen molar-refractivity contribution in [3.8, 4) is 0 Å². The Morgan fingerprint density at radius 3 is 2.93 bits per heavy atom. The summed E-state index contributed by atoms with van der Waals surface area (Å²) in [5, 5.41) is 0. The van der Waals surface area contributed by atoms with Gasteiger partial charge < -0.3 is 5.73 Å². The van der Waals surface area contributed by atoms with Crippen LogP contribution < -0.4 is 5.73 Å². The molecule has 0 bridgehead atoms. The van der Waals surface area contributed by atoms with Crippen molar-refractivity contribution in [2.24, 2.45) is 10.7 Å². The molecule has 1 heterocycles. The molecule has 2 nitrogen and oxygen atoms in total. The number of hydrogen-bond donors (Lipinski definition) is 1. The van der Waals surface area contributed by atoms with Gasteiger partial charge in [0.2, 0.25) is 0 Å². The molecule has 0 unspecified atom stereocenters.